The van der Waals surface area contributed by atoms with Crippen LogP contribution in [0.1, 0.15) is 18.6 Å². The predicted octanol–water partition coefficient (Wildman–Crippen LogP) is 1.23. The zero-order valence-corrected chi connectivity index (χ0v) is 13.5. The second-order valence-corrected chi connectivity index (χ2v) is 6.62. The van der Waals surface area contributed by atoms with Gasteiger partial charge in [0.15, 0.2) is 5.82 Å². The molecule has 1 aliphatic rings. The van der Waals surface area contributed by atoms with E-state index in [1.54, 1.807) is 30.6 Å². The number of nitrogens with zero attached hydrogens (tertiary/aromatic N) is 2. The quantitative estimate of drug-likeness (QED) is 0.645. The van der Waals surface area contributed by atoms with Crippen molar-refractivity contribution in [3.63, 3.8) is 0 Å². The zero-order valence-electron chi connectivity index (χ0n) is 12.7. The summed E-state index contributed by atoms with van der Waals surface area (Å²) in [4.78, 5) is 23.8. The molecule has 0 saturated carbocycles. The molecule has 3 aromatic rings. The first-order valence-corrected chi connectivity index (χ1v) is 8.38. The van der Waals surface area contributed by atoms with E-state index < -0.39 is 24.4 Å². The number of ether oxygens (including phenoxy) is 1. The molecule has 4 atom stereocenters. The second kappa shape index (κ2) is 5.75. The SMILES string of the molecule is C[C@H]1O[C@@H](c2csc3c(=O)[nH]c(-c4ccccn4)nc23)[C@H](O)[C@@H]1O. The Balaban J connectivity index is 1.87. The number of nitrogens with one attached hydrogen (secondary N) is 1. The first-order valence-electron chi connectivity index (χ1n) is 7.50. The van der Waals surface area contributed by atoms with E-state index in [9.17, 15) is 15.0 Å². The topological polar surface area (TPSA) is 108 Å². The average Bonchev–Trinajstić information content (AvgIpc) is 3.12. The van der Waals surface area contributed by atoms with Gasteiger partial charge in [0.25, 0.3) is 5.56 Å². The standard InChI is InChI=1S/C16H15N3O4S/c1-7-11(20)12(21)13(23-7)8-6-24-14-10(8)18-15(19-16(14)22)9-4-2-3-5-17-9/h2-7,11-13,20-21H,1H3,(H,18,19,22)/t7-,11-,12-,13+/m1/s1. The van der Waals surface area contributed by atoms with Crippen molar-refractivity contribution in [1.82, 2.24) is 15.0 Å². The average molecular weight is 345 g/mol. The number of hydrogen-bond acceptors (Lipinski definition) is 7. The molecule has 0 radical (unpaired) electrons. The number of aliphatic hydroxyl groups excluding tert-OH is 2. The van der Waals surface area contributed by atoms with Gasteiger partial charge < -0.3 is 19.9 Å². The Morgan fingerprint density at radius 1 is 1.29 bits per heavy atom. The maximum atomic E-state index is 12.3. The van der Waals surface area contributed by atoms with Gasteiger partial charge in [-0.1, -0.05) is 6.07 Å². The Bertz CT molecular complexity index is 939. The number of H-pyrrole nitrogens is 1. The van der Waals surface area contributed by atoms with Crippen molar-refractivity contribution in [1.29, 1.82) is 0 Å². The van der Waals surface area contributed by atoms with Gasteiger partial charge >= 0.3 is 0 Å². The fourth-order valence-corrected chi connectivity index (χ4v) is 3.80. The van der Waals surface area contributed by atoms with Crippen molar-refractivity contribution < 1.29 is 14.9 Å². The van der Waals surface area contributed by atoms with Gasteiger partial charge in [-0.2, -0.15) is 0 Å². The van der Waals surface area contributed by atoms with Gasteiger partial charge in [0, 0.05) is 11.8 Å². The van der Waals surface area contributed by atoms with Crippen LogP contribution < -0.4 is 5.56 Å². The molecule has 124 valence electrons. The van der Waals surface area contributed by atoms with E-state index >= 15 is 0 Å². The van der Waals surface area contributed by atoms with Crippen LogP contribution in [0.2, 0.25) is 0 Å². The molecular formula is C16H15N3O4S. The highest BCUT2D eigenvalue weighted by molar-refractivity contribution is 7.17. The van der Waals surface area contributed by atoms with E-state index in [1.165, 1.54) is 11.3 Å². The van der Waals surface area contributed by atoms with E-state index in [2.05, 4.69) is 15.0 Å². The van der Waals surface area contributed by atoms with E-state index in [1.807, 2.05) is 6.07 Å². The Labute approximate surface area is 140 Å². The molecule has 0 spiro atoms. The van der Waals surface area contributed by atoms with E-state index in [0.717, 1.165) is 0 Å². The largest absolute Gasteiger partial charge is 0.388 e. The summed E-state index contributed by atoms with van der Waals surface area (Å²) in [5.74, 6) is 0.355. The summed E-state index contributed by atoms with van der Waals surface area (Å²) in [6.07, 6.45) is -1.61. The molecule has 4 heterocycles. The highest BCUT2D eigenvalue weighted by atomic mass is 32.1. The Morgan fingerprint density at radius 2 is 2.12 bits per heavy atom. The third-order valence-corrected chi connectivity index (χ3v) is 5.16. The van der Waals surface area contributed by atoms with E-state index in [4.69, 9.17) is 4.74 Å². The molecule has 4 rings (SSSR count). The molecule has 1 saturated heterocycles. The Morgan fingerprint density at radius 3 is 2.79 bits per heavy atom. The van der Waals surface area contributed by atoms with Crippen molar-refractivity contribution in [3.8, 4) is 11.5 Å². The van der Waals surface area contributed by atoms with Crippen molar-refractivity contribution in [2.45, 2.75) is 31.3 Å². The lowest BCUT2D eigenvalue weighted by Crippen LogP contribution is -2.28. The molecule has 0 bridgehead atoms. The first kappa shape index (κ1) is 15.4. The molecular weight excluding hydrogens is 330 g/mol. The van der Waals surface area contributed by atoms with E-state index in [0.29, 0.717) is 27.3 Å². The normalized spacial score (nSPS) is 27.0. The number of pyridine rings is 1. The molecule has 0 amide bonds. The number of aromatic amines is 1. The van der Waals surface area contributed by atoms with Crippen LogP contribution in [0.5, 0.6) is 0 Å². The lowest BCUT2D eigenvalue weighted by Gasteiger charge is -2.13. The molecule has 3 N–H and O–H groups in total. The summed E-state index contributed by atoms with van der Waals surface area (Å²) in [6.45, 7) is 1.70. The van der Waals surface area contributed by atoms with Crippen LogP contribution in [-0.4, -0.2) is 43.5 Å². The fourth-order valence-electron chi connectivity index (χ4n) is 2.88. The number of aromatic nitrogens is 3. The number of rotatable bonds is 2. The number of hydrogen-bond donors (Lipinski definition) is 3. The van der Waals surface area contributed by atoms with Crippen molar-refractivity contribution in [2.75, 3.05) is 0 Å². The van der Waals surface area contributed by atoms with Gasteiger partial charge in [0.2, 0.25) is 0 Å². The van der Waals surface area contributed by atoms with Gasteiger partial charge in [-0.3, -0.25) is 9.78 Å². The predicted molar refractivity (Wildman–Crippen MR) is 88.8 cm³/mol. The molecule has 8 heteroatoms. The molecule has 0 unspecified atom stereocenters. The molecule has 24 heavy (non-hydrogen) atoms. The van der Waals surface area contributed by atoms with Crippen LogP contribution in [0.15, 0.2) is 34.6 Å². The minimum absolute atomic E-state index is 0.266. The van der Waals surface area contributed by atoms with Crippen molar-refractivity contribution in [3.05, 3.63) is 45.7 Å². The Hall–Kier alpha value is -2.13. The highest BCUT2D eigenvalue weighted by Gasteiger charge is 2.42. The van der Waals surface area contributed by atoms with Crippen molar-refractivity contribution in [2.24, 2.45) is 0 Å². The second-order valence-electron chi connectivity index (χ2n) is 5.74. The summed E-state index contributed by atoms with van der Waals surface area (Å²) >= 11 is 1.24. The molecule has 1 aliphatic heterocycles. The van der Waals surface area contributed by atoms with Crippen LogP contribution in [0.3, 0.4) is 0 Å². The summed E-state index contributed by atoms with van der Waals surface area (Å²) in [7, 11) is 0. The third kappa shape index (κ3) is 2.35. The smallest absolute Gasteiger partial charge is 0.269 e. The van der Waals surface area contributed by atoms with Crippen LogP contribution >= 0.6 is 11.3 Å². The maximum Gasteiger partial charge on any atom is 0.269 e. The van der Waals surface area contributed by atoms with Crippen LogP contribution in [-0.2, 0) is 4.74 Å². The summed E-state index contributed by atoms with van der Waals surface area (Å²) in [5.41, 5.74) is 1.36. The molecule has 7 nitrogen and oxygen atoms in total. The van der Waals surface area contributed by atoms with Crippen molar-refractivity contribution >= 4 is 21.6 Å². The summed E-state index contributed by atoms with van der Waals surface area (Å²) in [5, 5.41) is 21.9. The van der Waals surface area contributed by atoms with Gasteiger partial charge in [-0.25, -0.2) is 4.98 Å². The molecule has 3 aromatic heterocycles. The third-order valence-electron chi connectivity index (χ3n) is 4.17. The summed E-state index contributed by atoms with van der Waals surface area (Å²) in [6, 6.07) is 5.34. The molecule has 0 aliphatic carbocycles. The molecule has 1 fully saturated rings. The fraction of sp³-hybridized carbons (Fsp3) is 0.312. The van der Waals surface area contributed by atoms with Gasteiger partial charge in [0.1, 0.15) is 28.7 Å². The van der Waals surface area contributed by atoms with Gasteiger partial charge in [-0.15, -0.1) is 11.3 Å². The number of fused-ring (bicyclic) bond motifs is 1. The van der Waals surface area contributed by atoms with Crippen LogP contribution in [0.25, 0.3) is 21.7 Å². The lowest BCUT2D eigenvalue weighted by molar-refractivity contribution is 0.0161. The zero-order chi connectivity index (χ0) is 16.8. The number of aliphatic hydroxyl groups is 2. The lowest BCUT2D eigenvalue weighted by atomic mass is 10.0. The minimum Gasteiger partial charge on any atom is -0.388 e. The minimum atomic E-state index is -1.06. The number of thiophene rings is 1. The van der Waals surface area contributed by atoms with E-state index in [-0.39, 0.29) is 5.56 Å². The highest BCUT2D eigenvalue weighted by Crippen LogP contribution is 2.38. The van der Waals surface area contributed by atoms with Gasteiger partial charge in [-0.05, 0) is 24.4 Å². The first-order chi connectivity index (χ1) is 11.6. The Kier molecular flexibility index (Phi) is 3.69. The maximum absolute atomic E-state index is 12.3. The van der Waals surface area contributed by atoms with Crippen LogP contribution in [0, 0.1) is 0 Å². The summed E-state index contributed by atoms with van der Waals surface area (Å²) < 4.78 is 6.12. The van der Waals surface area contributed by atoms with Crippen LogP contribution in [0.4, 0.5) is 0 Å². The monoisotopic (exact) mass is 345 g/mol. The molecule has 0 aromatic carbocycles. The van der Waals surface area contributed by atoms with Gasteiger partial charge in [0.05, 0.1) is 11.6 Å².